The molecule has 0 N–H and O–H groups in total. The molecule has 2 rings (SSSR count). The third-order valence-corrected chi connectivity index (χ3v) is 3.94. The van der Waals surface area contributed by atoms with Gasteiger partial charge in [0.05, 0.1) is 5.02 Å². The molecule has 1 aliphatic heterocycles. The van der Waals surface area contributed by atoms with Crippen molar-refractivity contribution < 1.29 is 18.7 Å². The van der Waals surface area contributed by atoms with E-state index in [-0.39, 0.29) is 23.6 Å². The second-order valence-electron chi connectivity index (χ2n) is 6.75. The fraction of sp³-hybridized carbons (Fsp3) is 0.529. The third-order valence-electron chi connectivity index (χ3n) is 3.63. The van der Waals surface area contributed by atoms with Gasteiger partial charge in [-0.3, -0.25) is 0 Å². The van der Waals surface area contributed by atoms with Crippen LogP contribution in [0.25, 0.3) is 0 Å². The van der Waals surface area contributed by atoms with E-state index in [1.165, 1.54) is 17.0 Å². The molecule has 1 aromatic carbocycles. The monoisotopic (exact) mass is 354 g/mol. The molecule has 0 bridgehead atoms. The number of benzene rings is 1. The van der Waals surface area contributed by atoms with E-state index >= 15 is 0 Å². The highest BCUT2D eigenvalue weighted by Crippen LogP contribution is 2.33. The Labute approximate surface area is 145 Å². The minimum absolute atomic E-state index is 0.129. The van der Waals surface area contributed by atoms with Crippen LogP contribution >= 0.6 is 11.6 Å². The molecule has 24 heavy (non-hydrogen) atoms. The summed E-state index contributed by atoms with van der Waals surface area (Å²) < 4.78 is 24.4. The molecule has 0 atom stereocenters. The lowest BCUT2D eigenvalue weighted by atomic mass is 9.92. The molecule has 1 heterocycles. The molecule has 0 aromatic heterocycles. The van der Waals surface area contributed by atoms with E-state index in [9.17, 15) is 14.4 Å². The summed E-state index contributed by atoms with van der Waals surface area (Å²) in [6.07, 6.45) is 0.156. The first kappa shape index (κ1) is 18.3. The maximum atomic E-state index is 13.4. The van der Waals surface area contributed by atoms with Crippen LogP contribution in [0.2, 0.25) is 5.02 Å². The largest absolute Gasteiger partial charge is 0.471 e. The van der Waals surface area contributed by atoms with Gasteiger partial charge in [0.1, 0.15) is 23.2 Å². The molecular weight excluding hydrogens is 335 g/mol. The number of amides is 1. The Morgan fingerprint density at radius 3 is 2.54 bits per heavy atom. The maximum absolute atomic E-state index is 13.4. The number of carbonyl (C=O) groups is 1. The van der Waals surface area contributed by atoms with E-state index < -0.39 is 23.1 Å². The van der Waals surface area contributed by atoms with E-state index in [2.05, 4.69) is 6.07 Å². The number of halogens is 2. The summed E-state index contributed by atoms with van der Waals surface area (Å²) in [7, 11) is 0. The summed E-state index contributed by atoms with van der Waals surface area (Å²) in [6, 6.07) is 5.90. The average Bonchev–Trinajstić information content (AvgIpc) is 2.50. The van der Waals surface area contributed by atoms with Gasteiger partial charge in [-0.2, -0.15) is 5.26 Å². The Balaban J connectivity index is 2.05. The van der Waals surface area contributed by atoms with Gasteiger partial charge >= 0.3 is 6.09 Å². The van der Waals surface area contributed by atoms with E-state index in [1.807, 2.05) is 0 Å². The van der Waals surface area contributed by atoms with Crippen LogP contribution in [0, 0.1) is 17.1 Å². The average molecular weight is 355 g/mol. The van der Waals surface area contributed by atoms with Crippen LogP contribution in [-0.2, 0) is 4.74 Å². The number of carbonyl (C=O) groups excluding carboxylic acids is 1. The molecule has 1 amide bonds. The number of piperidine rings is 1. The van der Waals surface area contributed by atoms with E-state index in [0.717, 1.165) is 6.07 Å². The summed E-state index contributed by atoms with van der Waals surface area (Å²) in [6.45, 7) is 6.02. The van der Waals surface area contributed by atoms with Crippen molar-refractivity contribution in [2.45, 2.75) is 44.8 Å². The van der Waals surface area contributed by atoms with Gasteiger partial charge in [0, 0.05) is 32.0 Å². The summed E-state index contributed by atoms with van der Waals surface area (Å²) in [5, 5.41) is 9.76. The van der Waals surface area contributed by atoms with Crippen LogP contribution in [0.4, 0.5) is 9.18 Å². The SMILES string of the molecule is CC(C)(C)OC(=O)N1CCC(C#N)(Oc2cc(F)ccc2Cl)CC1. The van der Waals surface area contributed by atoms with Crippen molar-refractivity contribution in [3.05, 3.63) is 29.0 Å². The van der Waals surface area contributed by atoms with Gasteiger partial charge < -0.3 is 14.4 Å². The Morgan fingerprint density at radius 2 is 2.00 bits per heavy atom. The molecule has 0 saturated carbocycles. The number of hydrogen-bond donors (Lipinski definition) is 0. The summed E-state index contributed by atoms with van der Waals surface area (Å²) in [5.41, 5.74) is -1.72. The molecule has 7 heteroatoms. The highest BCUT2D eigenvalue weighted by molar-refractivity contribution is 6.32. The number of rotatable bonds is 2. The Morgan fingerprint density at radius 1 is 1.38 bits per heavy atom. The van der Waals surface area contributed by atoms with Crippen LogP contribution in [-0.4, -0.2) is 35.3 Å². The van der Waals surface area contributed by atoms with Gasteiger partial charge in [-0.05, 0) is 32.9 Å². The second-order valence-corrected chi connectivity index (χ2v) is 7.16. The molecule has 0 aliphatic carbocycles. The van der Waals surface area contributed by atoms with Gasteiger partial charge in [0.2, 0.25) is 0 Å². The molecule has 130 valence electrons. The third kappa shape index (κ3) is 4.51. The number of likely N-dealkylation sites (tertiary alicyclic amines) is 1. The lowest BCUT2D eigenvalue weighted by Crippen LogP contribution is -2.50. The lowest BCUT2D eigenvalue weighted by molar-refractivity contribution is 0.00135. The molecule has 0 spiro atoms. The smallest absolute Gasteiger partial charge is 0.410 e. The van der Waals surface area contributed by atoms with Crippen LogP contribution in [0.5, 0.6) is 5.75 Å². The fourth-order valence-electron chi connectivity index (χ4n) is 2.38. The zero-order chi connectivity index (χ0) is 18.0. The first-order valence-corrected chi connectivity index (χ1v) is 8.05. The van der Waals surface area contributed by atoms with Crippen molar-refractivity contribution in [1.29, 1.82) is 5.26 Å². The van der Waals surface area contributed by atoms with E-state index in [0.29, 0.717) is 13.1 Å². The minimum atomic E-state index is -1.14. The van der Waals surface area contributed by atoms with Gasteiger partial charge in [-0.25, -0.2) is 9.18 Å². The van der Waals surface area contributed by atoms with Crippen LogP contribution in [0.3, 0.4) is 0 Å². The van der Waals surface area contributed by atoms with Gasteiger partial charge in [0.15, 0.2) is 5.60 Å². The van der Waals surface area contributed by atoms with E-state index in [1.54, 1.807) is 20.8 Å². The molecule has 0 radical (unpaired) electrons. The van der Waals surface area contributed by atoms with Gasteiger partial charge in [-0.1, -0.05) is 11.6 Å². The topological polar surface area (TPSA) is 62.6 Å². The predicted molar refractivity (Wildman–Crippen MR) is 87.4 cm³/mol. The number of nitriles is 1. The quantitative estimate of drug-likeness (QED) is 0.800. The first-order chi connectivity index (χ1) is 11.1. The van der Waals surface area contributed by atoms with Crippen molar-refractivity contribution in [3.63, 3.8) is 0 Å². The highest BCUT2D eigenvalue weighted by atomic mass is 35.5. The lowest BCUT2D eigenvalue weighted by Gasteiger charge is -2.37. The minimum Gasteiger partial charge on any atom is -0.471 e. The molecule has 1 aromatic rings. The zero-order valence-electron chi connectivity index (χ0n) is 13.9. The maximum Gasteiger partial charge on any atom is 0.410 e. The molecule has 5 nitrogen and oxygen atoms in total. The van der Waals surface area contributed by atoms with Crippen molar-refractivity contribution in [2.24, 2.45) is 0 Å². The Kier molecular flexibility index (Phi) is 5.24. The van der Waals surface area contributed by atoms with Crippen molar-refractivity contribution in [2.75, 3.05) is 13.1 Å². The summed E-state index contributed by atoms with van der Waals surface area (Å²) >= 11 is 6.00. The van der Waals surface area contributed by atoms with E-state index in [4.69, 9.17) is 21.1 Å². The fourth-order valence-corrected chi connectivity index (χ4v) is 2.54. The predicted octanol–water partition coefficient (Wildman–Crippen LogP) is 4.15. The normalized spacial score (nSPS) is 17.1. The number of hydrogen-bond acceptors (Lipinski definition) is 4. The summed E-state index contributed by atoms with van der Waals surface area (Å²) in [4.78, 5) is 13.6. The molecule has 1 aliphatic rings. The Hall–Kier alpha value is -2.00. The molecule has 0 unspecified atom stereocenters. The number of ether oxygens (including phenoxy) is 2. The van der Waals surface area contributed by atoms with Crippen LogP contribution in [0.1, 0.15) is 33.6 Å². The second kappa shape index (κ2) is 6.86. The van der Waals surface area contributed by atoms with Crippen LogP contribution < -0.4 is 4.74 Å². The van der Waals surface area contributed by atoms with Crippen molar-refractivity contribution in [1.82, 2.24) is 4.90 Å². The van der Waals surface area contributed by atoms with Crippen molar-refractivity contribution >= 4 is 17.7 Å². The number of nitrogens with zero attached hydrogens (tertiary/aromatic N) is 2. The Bertz CT molecular complexity index is 659. The standard InChI is InChI=1S/C17H20ClFN2O3/c1-16(2,3)24-15(22)21-8-6-17(11-20,7-9-21)23-14-10-12(19)4-5-13(14)18/h4-5,10H,6-9H2,1-3H3. The molecule has 1 fully saturated rings. The highest BCUT2D eigenvalue weighted by Gasteiger charge is 2.39. The van der Waals surface area contributed by atoms with Crippen LogP contribution in [0.15, 0.2) is 18.2 Å². The van der Waals surface area contributed by atoms with Crippen molar-refractivity contribution in [3.8, 4) is 11.8 Å². The summed E-state index contributed by atoms with van der Waals surface area (Å²) in [5.74, 6) is -0.363. The first-order valence-electron chi connectivity index (χ1n) is 7.67. The molecule has 1 saturated heterocycles. The van der Waals surface area contributed by atoms with Gasteiger partial charge in [-0.15, -0.1) is 0 Å². The molecular formula is C17H20ClFN2O3. The zero-order valence-corrected chi connectivity index (χ0v) is 14.7. The van der Waals surface area contributed by atoms with Gasteiger partial charge in [0.25, 0.3) is 0 Å².